The molecule has 1 aliphatic carbocycles. The molecule has 1 spiro atoms. The van der Waals surface area contributed by atoms with Crippen molar-refractivity contribution in [1.82, 2.24) is 19.7 Å². The van der Waals surface area contributed by atoms with Gasteiger partial charge in [-0.2, -0.15) is 0 Å². The molecule has 3 aromatic rings. The summed E-state index contributed by atoms with van der Waals surface area (Å²) < 4.78 is 1.71. The second-order valence-corrected chi connectivity index (χ2v) is 12.7. The van der Waals surface area contributed by atoms with Gasteiger partial charge in [0.25, 0.3) is 5.56 Å². The molecule has 8 heteroatoms. The van der Waals surface area contributed by atoms with Gasteiger partial charge in [0.15, 0.2) is 0 Å². The molecule has 2 saturated heterocycles. The summed E-state index contributed by atoms with van der Waals surface area (Å²) in [6.45, 7) is 3.42. The Morgan fingerprint density at radius 1 is 1.02 bits per heavy atom. The number of carbonyl (C=O) groups is 1. The van der Waals surface area contributed by atoms with Gasteiger partial charge in [0.05, 0.1) is 18.2 Å². The summed E-state index contributed by atoms with van der Waals surface area (Å²) in [4.78, 5) is 32.5. The molecule has 2 amide bonds. The third kappa shape index (κ3) is 5.33. The number of pyridine rings is 1. The topological polar surface area (TPSA) is 77.8 Å². The molecule has 1 aromatic heterocycles. The van der Waals surface area contributed by atoms with Crippen molar-refractivity contribution in [3.8, 4) is 11.1 Å². The van der Waals surface area contributed by atoms with Gasteiger partial charge in [-0.1, -0.05) is 73.5 Å². The fraction of sp³-hybridized carbons (Fsp3) is 0.455. The van der Waals surface area contributed by atoms with Crippen molar-refractivity contribution in [2.45, 2.75) is 55.2 Å². The number of piperidine rings is 1. The summed E-state index contributed by atoms with van der Waals surface area (Å²) in [7, 11) is 0. The summed E-state index contributed by atoms with van der Waals surface area (Å²) in [5, 5.41) is 15.8. The van der Waals surface area contributed by atoms with Crippen molar-refractivity contribution < 1.29 is 9.90 Å². The summed E-state index contributed by atoms with van der Waals surface area (Å²) in [6.07, 6.45) is 8.19. The van der Waals surface area contributed by atoms with Crippen LogP contribution in [-0.4, -0.2) is 70.1 Å². The molecule has 6 rings (SSSR count). The molecule has 0 radical (unpaired) electrons. The maximum Gasteiger partial charge on any atom is 0.320 e. The van der Waals surface area contributed by atoms with Crippen LogP contribution in [0.3, 0.4) is 0 Å². The summed E-state index contributed by atoms with van der Waals surface area (Å²) >= 11 is 1.61. The van der Waals surface area contributed by atoms with E-state index in [9.17, 15) is 14.7 Å². The van der Waals surface area contributed by atoms with Gasteiger partial charge in [-0.3, -0.25) is 4.79 Å². The van der Waals surface area contributed by atoms with Gasteiger partial charge in [-0.25, -0.2) is 4.79 Å². The van der Waals surface area contributed by atoms with Crippen molar-refractivity contribution in [2.24, 2.45) is 5.41 Å². The summed E-state index contributed by atoms with van der Waals surface area (Å²) in [5.74, 6) is 0. The molecular formula is C33H40N4O3S. The Morgan fingerprint density at radius 3 is 2.44 bits per heavy atom. The third-order valence-corrected chi connectivity index (χ3v) is 10.4. The minimum absolute atomic E-state index is 0.00976. The van der Waals surface area contributed by atoms with Crippen molar-refractivity contribution in [3.05, 3.63) is 88.8 Å². The van der Waals surface area contributed by atoms with E-state index in [0.717, 1.165) is 60.4 Å². The number of likely N-dealkylation sites (tertiary alicyclic amines) is 1. The Morgan fingerprint density at radius 2 is 1.73 bits per heavy atom. The minimum atomic E-state index is -1.06. The summed E-state index contributed by atoms with van der Waals surface area (Å²) in [5.41, 5.74) is 1.49. The van der Waals surface area contributed by atoms with Gasteiger partial charge in [0.2, 0.25) is 0 Å². The molecule has 216 valence electrons. The predicted octanol–water partition coefficient (Wildman–Crippen LogP) is 5.00. The van der Waals surface area contributed by atoms with Crippen LogP contribution in [-0.2, 0) is 6.54 Å². The highest BCUT2D eigenvalue weighted by atomic mass is 32.2. The Hall–Kier alpha value is -3.07. The number of amides is 2. The Kier molecular flexibility index (Phi) is 7.99. The Balaban J connectivity index is 1.26. The number of thioether (sulfide) groups is 1. The standard InChI is InChI=1S/C33H40N4O3S/c1-41-29-22-36(30(38)20-27(29)25-10-4-2-5-11-25)24-33(40)16-18-35(23-32(33)14-8-9-15-32)31(39)37-19-17-34-21-28(37)26-12-6-3-7-13-26/h2-7,10-13,20,22,28,34,40H,8-9,14-19,21,23-24H2,1H3. The number of hydrogen-bond donors (Lipinski definition) is 2. The fourth-order valence-corrected chi connectivity index (χ4v) is 7.94. The number of rotatable bonds is 5. The molecular weight excluding hydrogens is 532 g/mol. The van der Waals surface area contributed by atoms with E-state index in [-0.39, 0.29) is 24.2 Å². The number of aliphatic hydroxyl groups is 1. The number of urea groups is 1. The van der Waals surface area contributed by atoms with E-state index in [4.69, 9.17) is 0 Å². The number of carbonyl (C=O) groups excluding carboxylic acids is 1. The Bertz CT molecular complexity index is 1420. The van der Waals surface area contributed by atoms with Crippen LogP contribution >= 0.6 is 11.8 Å². The molecule has 3 heterocycles. The molecule has 2 N–H and O–H groups in total. The highest BCUT2D eigenvalue weighted by molar-refractivity contribution is 7.98. The zero-order valence-electron chi connectivity index (χ0n) is 23.8. The quantitative estimate of drug-likeness (QED) is 0.421. The van der Waals surface area contributed by atoms with Gasteiger partial charge < -0.3 is 24.8 Å². The monoisotopic (exact) mass is 572 g/mol. The van der Waals surface area contributed by atoms with Crippen molar-refractivity contribution in [3.63, 3.8) is 0 Å². The summed E-state index contributed by atoms with van der Waals surface area (Å²) in [6, 6.07) is 22.0. The lowest BCUT2D eigenvalue weighted by Crippen LogP contribution is -2.64. The van der Waals surface area contributed by atoms with Gasteiger partial charge >= 0.3 is 6.03 Å². The number of nitrogens with one attached hydrogen (secondary N) is 1. The molecule has 0 bridgehead atoms. The highest BCUT2D eigenvalue weighted by Crippen LogP contribution is 2.52. The first-order valence-corrected chi connectivity index (χ1v) is 16.0. The lowest BCUT2D eigenvalue weighted by Gasteiger charge is -2.53. The minimum Gasteiger partial charge on any atom is -0.387 e. The molecule has 41 heavy (non-hydrogen) atoms. The van der Waals surface area contributed by atoms with E-state index < -0.39 is 11.0 Å². The first-order valence-electron chi connectivity index (χ1n) is 14.8. The molecule has 2 aromatic carbocycles. The SMILES string of the molecule is CSc1cn(CC2(O)CCN(C(=O)N3CCNCC3c3ccccc3)CC23CCCC3)c(=O)cc1-c1ccccc1. The number of aromatic nitrogens is 1. The second-order valence-electron chi connectivity index (χ2n) is 11.9. The first kappa shape index (κ1) is 28.1. The third-order valence-electron chi connectivity index (χ3n) is 9.61. The number of benzene rings is 2. The second kappa shape index (κ2) is 11.7. The number of hydrogen-bond acceptors (Lipinski definition) is 5. The highest BCUT2D eigenvalue weighted by Gasteiger charge is 2.56. The smallest absolute Gasteiger partial charge is 0.320 e. The van der Waals surface area contributed by atoms with Gasteiger partial charge in [0, 0.05) is 60.9 Å². The van der Waals surface area contributed by atoms with E-state index in [1.807, 2.05) is 70.8 Å². The predicted molar refractivity (Wildman–Crippen MR) is 164 cm³/mol. The number of piperazine rings is 1. The molecule has 2 atom stereocenters. The zero-order chi connectivity index (χ0) is 28.5. The van der Waals surface area contributed by atoms with Crippen LogP contribution in [0, 0.1) is 5.41 Å². The van der Waals surface area contributed by atoms with Gasteiger partial charge in [-0.15, -0.1) is 11.8 Å². The van der Waals surface area contributed by atoms with Crippen LogP contribution in [0.5, 0.6) is 0 Å². The lowest BCUT2D eigenvalue weighted by atomic mass is 9.66. The average molecular weight is 573 g/mol. The van der Waals surface area contributed by atoms with E-state index in [0.29, 0.717) is 26.1 Å². The Labute approximate surface area is 246 Å². The van der Waals surface area contributed by atoms with Crippen LogP contribution < -0.4 is 10.9 Å². The van der Waals surface area contributed by atoms with Crippen molar-refractivity contribution >= 4 is 17.8 Å². The van der Waals surface area contributed by atoms with Crippen LogP contribution in [0.1, 0.15) is 43.7 Å². The lowest BCUT2D eigenvalue weighted by molar-refractivity contribution is -0.136. The molecule has 2 aliphatic heterocycles. The molecule has 3 fully saturated rings. The van der Waals surface area contributed by atoms with Gasteiger partial charge in [-0.05, 0) is 36.6 Å². The largest absolute Gasteiger partial charge is 0.387 e. The van der Waals surface area contributed by atoms with E-state index in [1.54, 1.807) is 22.4 Å². The fourth-order valence-electron chi connectivity index (χ4n) is 7.31. The van der Waals surface area contributed by atoms with E-state index in [1.165, 1.54) is 0 Å². The zero-order valence-corrected chi connectivity index (χ0v) is 24.6. The average Bonchev–Trinajstić information content (AvgIpc) is 3.50. The van der Waals surface area contributed by atoms with Gasteiger partial charge in [0.1, 0.15) is 0 Å². The maximum atomic E-state index is 14.0. The normalized spacial score (nSPS) is 24.1. The molecule has 2 unspecified atom stereocenters. The van der Waals surface area contributed by atoms with Crippen LogP contribution in [0.15, 0.2) is 82.6 Å². The molecule has 7 nitrogen and oxygen atoms in total. The van der Waals surface area contributed by atoms with E-state index in [2.05, 4.69) is 17.4 Å². The van der Waals surface area contributed by atoms with Crippen LogP contribution in [0.2, 0.25) is 0 Å². The molecule has 1 saturated carbocycles. The van der Waals surface area contributed by atoms with Crippen molar-refractivity contribution in [1.29, 1.82) is 0 Å². The first-order chi connectivity index (χ1) is 19.9. The molecule has 3 aliphatic rings. The van der Waals surface area contributed by atoms with Crippen molar-refractivity contribution in [2.75, 3.05) is 39.0 Å². The number of nitrogens with zero attached hydrogens (tertiary/aromatic N) is 3. The van der Waals surface area contributed by atoms with E-state index >= 15 is 0 Å². The van der Waals surface area contributed by atoms with Crippen LogP contribution in [0.4, 0.5) is 4.79 Å². The maximum absolute atomic E-state index is 14.0. The van der Waals surface area contributed by atoms with Crippen LogP contribution in [0.25, 0.3) is 11.1 Å².